The number of rotatable bonds is 4. The molecule has 0 aliphatic rings. The molecule has 1 amide bonds. The molecule has 1 heterocycles. The Hall–Kier alpha value is -2.68. The molecule has 0 spiro atoms. The van der Waals surface area contributed by atoms with Gasteiger partial charge in [-0.05, 0) is 25.1 Å². The van der Waals surface area contributed by atoms with E-state index in [0.717, 1.165) is 4.47 Å². The van der Waals surface area contributed by atoms with E-state index in [2.05, 4.69) is 36.4 Å². The minimum Gasteiger partial charge on any atom is -0.507 e. The molecule has 0 aliphatic carbocycles. The van der Waals surface area contributed by atoms with E-state index in [-0.39, 0.29) is 17.7 Å². The highest BCUT2D eigenvalue weighted by molar-refractivity contribution is 9.10. The van der Waals surface area contributed by atoms with Crippen molar-refractivity contribution in [2.45, 2.75) is 13.3 Å². The van der Waals surface area contributed by atoms with E-state index in [1.165, 1.54) is 19.2 Å². The second-order valence-electron chi connectivity index (χ2n) is 4.68. The number of aromatic nitrogens is 2. The topological polar surface area (TPSA) is 127 Å². The third-order valence-corrected chi connectivity index (χ3v) is 3.47. The van der Waals surface area contributed by atoms with Gasteiger partial charge in [-0.2, -0.15) is 5.10 Å². The number of H-pyrrole nitrogens is 2. The summed E-state index contributed by atoms with van der Waals surface area (Å²) in [4.78, 5) is 39.0. The molecule has 8 nitrogen and oxygen atoms in total. The lowest BCUT2D eigenvalue weighted by atomic mass is 10.1. The molecule has 0 radical (unpaired) electrons. The van der Waals surface area contributed by atoms with E-state index < -0.39 is 17.2 Å². The summed E-state index contributed by atoms with van der Waals surface area (Å²) < 4.78 is 0.749. The fourth-order valence-electron chi connectivity index (χ4n) is 1.84. The van der Waals surface area contributed by atoms with Crippen molar-refractivity contribution in [2.24, 2.45) is 5.10 Å². The summed E-state index contributed by atoms with van der Waals surface area (Å²) >= 11 is 3.26. The number of hydrogen-bond donors (Lipinski definition) is 4. The van der Waals surface area contributed by atoms with E-state index >= 15 is 0 Å². The smallest absolute Gasteiger partial charge is 0.325 e. The molecule has 0 bridgehead atoms. The maximum absolute atomic E-state index is 11.8. The van der Waals surface area contributed by atoms with E-state index in [1.807, 2.05) is 0 Å². The number of hydrazone groups is 1. The van der Waals surface area contributed by atoms with Crippen molar-refractivity contribution in [2.75, 3.05) is 0 Å². The Morgan fingerprint density at radius 1 is 1.39 bits per heavy atom. The average molecular weight is 381 g/mol. The van der Waals surface area contributed by atoms with Gasteiger partial charge >= 0.3 is 5.69 Å². The SMILES string of the molecule is Cc1[nH]c(=O)[nH]c(=O)c1CC(=O)N/N=C\c1cc(Br)ccc1O. The van der Waals surface area contributed by atoms with Gasteiger partial charge in [0, 0.05) is 21.3 Å². The molecule has 0 fully saturated rings. The maximum atomic E-state index is 11.8. The summed E-state index contributed by atoms with van der Waals surface area (Å²) in [7, 11) is 0. The monoisotopic (exact) mass is 380 g/mol. The molecule has 0 atom stereocenters. The van der Waals surface area contributed by atoms with Crippen molar-refractivity contribution in [3.05, 3.63) is 60.3 Å². The first-order valence-electron chi connectivity index (χ1n) is 6.49. The van der Waals surface area contributed by atoms with Crippen LogP contribution in [0.4, 0.5) is 0 Å². The first-order chi connectivity index (χ1) is 10.9. The Morgan fingerprint density at radius 2 is 2.13 bits per heavy atom. The fraction of sp³-hybridized carbons (Fsp3) is 0.143. The van der Waals surface area contributed by atoms with Crippen LogP contribution in [0.15, 0.2) is 37.4 Å². The van der Waals surface area contributed by atoms with Gasteiger partial charge in [0.1, 0.15) is 5.75 Å². The number of nitrogens with one attached hydrogen (secondary N) is 3. The number of aryl methyl sites for hydroxylation is 1. The molecule has 2 rings (SSSR count). The van der Waals surface area contributed by atoms with Crippen LogP contribution in [0.5, 0.6) is 5.75 Å². The molecule has 4 N–H and O–H groups in total. The number of halogens is 1. The van der Waals surface area contributed by atoms with Gasteiger partial charge in [-0.1, -0.05) is 15.9 Å². The largest absolute Gasteiger partial charge is 0.507 e. The third kappa shape index (κ3) is 4.39. The predicted molar refractivity (Wildman–Crippen MR) is 87.7 cm³/mol. The van der Waals surface area contributed by atoms with Crippen LogP contribution in [0.3, 0.4) is 0 Å². The van der Waals surface area contributed by atoms with E-state index in [9.17, 15) is 19.5 Å². The van der Waals surface area contributed by atoms with Crippen LogP contribution < -0.4 is 16.7 Å². The number of carbonyl (C=O) groups excluding carboxylic acids is 1. The zero-order valence-corrected chi connectivity index (χ0v) is 13.6. The molecule has 0 saturated carbocycles. The summed E-state index contributed by atoms with van der Waals surface area (Å²) in [5.41, 5.74) is 1.91. The van der Waals surface area contributed by atoms with Crippen LogP contribution in [-0.4, -0.2) is 27.2 Å². The van der Waals surface area contributed by atoms with Gasteiger partial charge in [0.15, 0.2) is 0 Å². The summed E-state index contributed by atoms with van der Waals surface area (Å²) in [5.74, 6) is -0.518. The highest BCUT2D eigenvalue weighted by Gasteiger charge is 2.10. The molecule has 23 heavy (non-hydrogen) atoms. The molecule has 9 heteroatoms. The lowest BCUT2D eigenvalue weighted by Gasteiger charge is -2.03. The maximum Gasteiger partial charge on any atom is 0.325 e. The van der Waals surface area contributed by atoms with Gasteiger partial charge in [0.25, 0.3) is 5.56 Å². The predicted octanol–water partition coefficient (Wildman–Crippen LogP) is 0.533. The number of hydrogen-bond acceptors (Lipinski definition) is 5. The molecular formula is C14H13BrN4O4. The van der Waals surface area contributed by atoms with Crippen LogP contribution in [0, 0.1) is 6.92 Å². The molecule has 1 aromatic carbocycles. The molecule has 120 valence electrons. The van der Waals surface area contributed by atoms with Gasteiger partial charge in [0.05, 0.1) is 12.6 Å². The first-order valence-corrected chi connectivity index (χ1v) is 7.28. The van der Waals surface area contributed by atoms with Crippen LogP contribution in [0.1, 0.15) is 16.8 Å². The molecule has 2 aromatic rings. The first kappa shape index (κ1) is 16.7. The molecule has 0 saturated heterocycles. The Labute approximate surface area is 138 Å². The number of aromatic hydroxyl groups is 1. The second-order valence-corrected chi connectivity index (χ2v) is 5.60. The molecule has 0 unspecified atom stereocenters. The number of aromatic amines is 2. The van der Waals surface area contributed by atoms with E-state index in [4.69, 9.17) is 0 Å². The fourth-order valence-corrected chi connectivity index (χ4v) is 2.22. The number of phenolic OH excluding ortho intramolecular Hbond substituents is 1. The lowest BCUT2D eigenvalue weighted by molar-refractivity contribution is -0.120. The second kappa shape index (κ2) is 7.05. The number of benzene rings is 1. The van der Waals surface area contributed by atoms with Crippen molar-refractivity contribution >= 4 is 28.1 Å². The van der Waals surface area contributed by atoms with Crippen LogP contribution in [0.2, 0.25) is 0 Å². The number of carbonyl (C=O) groups is 1. The van der Waals surface area contributed by atoms with Crippen LogP contribution >= 0.6 is 15.9 Å². The molecule has 0 aliphatic heterocycles. The highest BCUT2D eigenvalue weighted by Crippen LogP contribution is 2.19. The molecule has 1 aromatic heterocycles. The van der Waals surface area contributed by atoms with Crippen molar-refractivity contribution in [1.29, 1.82) is 0 Å². The molecular weight excluding hydrogens is 368 g/mol. The highest BCUT2D eigenvalue weighted by atomic mass is 79.9. The Kier molecular flexibility index (Phi) is 5.12. The summed E-state index contributed by atoms with van der Waals surface area (Å²) in [6.45, 7) is 1.53. The Morgan fingerprint density at radius 3 is 2.83 bits per heavy atom. The van der Waals surface area contributed by atoms with Gasteiger partial charge in [-0.15, -0.1) is 0 Å². The summed E-state index contributed by atoms with van der Waals surface area (Å²) in [5, 5.41) is 13.4. The van der Waals surface area contributed by atoms with Gasteiger partial charge < -0.3 is 10.1 Å². The van der Waals surface area contributed by atoms with Crippen LogP contribution in [0.25, 0.3) is 0 Å². The Bertz CT molecular complexity index is 885. The quantitative estimate of drug-likeness (QED) is 0.455. The van der Waals surface area contributed by atoms with Gasteiger partial charge in [-0.25, -0.2) is 10.2 Å². The standard InChI is InChI=1S/C14H13BrN4O4/c1-7-10(13(22)18-14(23)17-7)5-12(21)19-16-6-8-4-9(15)2-3-11(8)20/h2-4,6,20H,5H2,1H3,(H,19,21)(H2,17,18,22,23)/b16-6-. The van der Waals surface area contributed by atoms with Crippen molar-refractivity contribution in [1.82, 2.24) is 15.4 Å². The average Bonchev–Trinajstić information content (AvgIpc) is 2.46. The minimum atomic E-state index is -0.625. The Balaban J connectivity index is 2.06. The van der Waals surface area contributed by atoms with E-state index in [1.54, 1.807) is 12.1 Å². The number of nitrogens with zero attached hydrogens (tertiary/aromatic N) is 1. The normalized spacial score (nSPS) is 10.9. The van der Waals surface area contributed by atoms with Crippen LogP contribution in [-0.2, 0) is 11.2 Å². The number of phenols is 1. The third-order valence-electron chi connectivity index (χ3n) is 2.97. The van der Waals surface area contributed by atoms with Crippen molar-refractivity contribution in [3.63, 3.8) is 0 Å². The van der Waals surface area contributed by atoms with Crippen molar-refractivity contribution in [3.8, 4) is 5.75 Å². The number of amides is 1. The summed E-state index contributed by atoms with van der Waals surface area (Å²) in [6, 6.07) is 4.77. The zero-order chi connectivity index (χ0) is 17.0. The van der Waals surface area contributed by atoms with Gasteiger partial charge in [-0.3, -0.25) is 14.6 Å². The summed E-state index contributed by atoms with van der Waals surface area (Å²) in [6.07, 6.45) is 1.04. The van der Waals surface area contributed by atoms with Crippen molar-refractivity contribution < 1.29 is 9.90 Å². The minimum absolute atomic E-state index is 0.0131. The lowest BCUT2D eigenvalue weighted by Crippen LogP contribution is -2.30. The zero-order valence-electron chi connectivity index (χ0n) is 12.0. The van der Waals surface area contributed by atoms with E-state index in [0.29, 0.717) is 11.3 Å². The van der Waals surface area contributed by atoms with Gasteiger partial charge in [0.2, 0.25) is 5.91 Å².